The van der Waals surface area contributed by atoms with Crippen LogP contribution in [-0.2, 0) is 6.54 Å². The smallest absolute Gasteiger partial charge is 0.118 e. The number of rotatable bonds is 5. The highest BCUT2D eigenvalue weighted by Gasteiger charge is 2.48. The fourth-order valence-electron chi connectivity index (χ4n) is 5.76. The van der Waals surface area contributed by atoms with Crippen molar-refractivity contribution < 1.29 is 9.84 Å². The summed E-state index contributed by atoms with van der Waals surface area (Å²) in [6, 6.07) is 9.79. The van der Waals surface area contributed by atoms with Crippen LogP contribution in [0.25, 0.3) is 0 Å². The van der Waals surface area contributed by atoms with Gasteiger partial charge in [0.1, 0.15) is 5.75 Å². The van der Waals surface area contributed by atoms with Gasteiger partial charge < -0.3 is 9.84 Å². The molecule has 3 saturated heterocycles. The van der Waals surface area contributed by atoms with Crippen molar-refractivity contribution in [3.05, 3.63) is 29.8 Å². The molecule has 4 atom stereocenters. The van der Waals surface area contributed by atoms with E-state index in [9.17, 15) is 5.11 Å². The lowest BCUT2D eigenvalue weighted by Crippen LogP contribution is -2.64. The van der Waals surface area contributed by atoms with Gasteiger partial charge in [0.25, 0.3) is 0 Å². The van der Waals surface area contributed by atoms with Crippen molar-refractivity contribution in [3.63, 3.8) is 0 Å². The van der Waals surface area contributed by atoms with Crippen molar-refractivity contribution in [3.8, 4) is 5.75 Å². The molecule has 1 N–H and O–H groups in total. The van der Waals surface area contributed by atoms with Crippen molar-refractivity contribution in [2.45, 2.75) is 50.7 Å². The van der Waals surface area contributed by atoms with Crippen LogP contribution in [0.15, 0.2) is 24.3 Å². The molecule has 3 aliphatic rings. The van der Waals surface area contributed by atoms with Gasteiger partial charge in [0.2, 0.25) is 0 Å². The lowest BCUT2D eigenvalue weighted by molar-refractivity contribution is -0.0833. The number of hydrogen-bond donors (Lipinski definition) is 1. The van der Waals surface area contributed by atoms with E-state index in [0.717, 1.165) is 36.6 Å². The summed E-state index contributed by atoms with van der Waals surface area (Å²) in [6.45, 7) is 5.07. The van der Waals surface area contributed by atoms with E-state index in [-0.39, 0.29) is 0 Å². The summed E-state index contributed by atoms with van der Waals surface area (Å²) in [4.78, 5) is 5.45. The number of benzene rings is 1. The summed E-state index contributed by atoms with van der Waals surface area (Å²) in [5.41, 5.74) is 1.35. The monoisotopic (exact) mass is 344 g/mol. The van der Waals surface area contributed by atoms with Crippen molar-refractivity contribution in [2.24, 2.45) is 11.8 Å². The molecule has 4 heteroatoms. The van der Waals surface area contributed by atoms with Crippen molar-refractivity contribution in [2.75, 3.05) is 33.4 Å². The first-order chi connectivity index (χ1) is 12.3. The first-order valence-corrected chi connectivity index (χ1v) is 10.0. The highest BCUT2D eigenvalue weighted by Crippen LogP contribution is 2.43. The lowest BCUT2D eigenvalue weighted by Gasteiger charge is -2.57. The third-order valence-corrected chi connectivity index (χ3v) is 6.75. The van der Waals surface area contributed by atoms with Gasteiger partial charge in [-0.3, -0.25) is 9.80 Å². The van der Waals surface area contributed by atoms with Gasteiger partial charge in [0.15, 0.2) is 0 Å². The van der Waals surface area contributed by atoms with Crippen LogP contribution < -0.4 is 4.74 Å². The van der Waals surface area contributed by atoms with E-state index in [0.29, 0.717) is 12.6 Å². The molecule has 0 aliphatic carbocycles. The van der Waals surface area contributed by atoms with Gasteiger partial charge in [0, 0.05) is 31.8 Å². The first-order valence-electron chi connectivity index (χ1n) is 10.0. The molecule has 4 nitrogen and oxygen atoms in total. The molecule has 25 heavy (non-hydrogen) atoms. The second kappa shape index (κ2) is 7.65. The van der Waals surface area contributed by atoms with Gasteiger partial charge in [-0.15, -0.1) is 0 Å². The molecule has 0 saturated carbocycles. The van der Waals surface area contributed by atoms with E-state index < -0.39 is 0 Å². The average Bonchev–Trinajstić information content (AvgIpc) is 2.65. The van der Waals surface area contributed by atoms with E-state index >= 15 is 0 Å². The zero-order chi connectivity index (χ0) is 17.2. The maximum Gasteiger partial charge on any atom is 0.118 e. The number of aliphatic hydroxyl groups excluding tert-OH is 1. The molecule has 0 radical (unpaired) electrons. The molecule has 4 rings (SSSR count). The van der Waals surface area contributed by atoms with Gasteiger partial charge >= 0.3 is 0 Å². The van der Waals surface area contributed by atoms with Crippen molar-refractivity contribution in [1.29, 1.82) is 0 Å². The maximum absolute atomic E-state index is 9.71. The quantitative estimate of drug-likeness (QED) is 0.891. The van der Waals surface area contributed by atoms with Crippen LogP contribution in [-0.4, -0.2) is 60.3 Å². The van der Waals surface area contributed by atoms with Crippen LogP contribution in [0.2, 0.25) is 0 Å². The summed E-state index contributed by atoms with van der Waals surface area (Å²) in [5.74, 6) is 2.47. The second-order valence-corrected chi connectivity index (χ2v) is 8.09. The molecular weight excluding hydrogens is 312 g/mol. The number of aliphatic hydroxyl groups is 1. The molecule has 0 aromatic heterocycles. The van der Waals surface area contributed by atoms with Gasteiger partial charge in [-0.2, -0.15) is 0 Å². The molecule has 0 bridgehead atoms. The average molecular weight is 344 g/mol. The minimum absolute atomic E-state index is 0.303. The summed E-state index contributed by atoms with van der Waals surface area (Å²) in [5, 5.41) is 9.71. The zero-order valence-electron chi connectivity index (χ0n) is 15.4. The Bertz CT molecular complexity index is 560. The van der Waals surface area contributed by atoms with Crippen LogP contribution in [0.4, 0.5) is 0 Å². The third-order valence-electron chi connectivity index (χ3n) is 6.75. The van der Waals surface area contributed by atoms with E-state index in [4.69, 9.17) is 4.74 Å². The van der Waals surface area contributed by atoms with Crippen LogP contribution in [0.3, 0.4) is 0 Å². The Morgan fingerprint density at radius 2 is 1.88 bits per heavy atom. The molecule has 1 aromatic rings. The van der Waals surface area contributed by atoms with Gasteiger partial charge in [-0.1, -0.05) is 12.1 Å². The molecule has 1 aromatic carbocycles. The molecule has 3 aliphatic heterocycles. The van der Waals surface area contributed by atoms with Crippen molar-refractivity contribution in [1.82, 2.24) is 9.80 Å². The van der Waals surface area contributed by atoms with Crippen molar-refractivity contribution >= 4 is 0 Å². The molecule has 0 spiro atoms. The van der Waals surface area contributed by atoms with E-state index in [1.54, 1.807) is 7.11 Å². The molecule has 3 heterocycles. The second-order valence-electron chi connectivity index (χ2n) is 8.09. The number of piperidine rings is 3. The number of nitrogens with zero attached hydrogens (tertiary/aromatic N) is 2. The Labute approximate surface area is 151 Å². The molecule has 3 fully saturated rings. The van der Waals surface area contributed by atoms with E-state index in [1.807, 2.05) is 0 Å². The Morgan fingerprint density at radius 3 is 2.60 bits per heavy atom. The Kier molecular flexibility index (Phi) is 5.30. The SMILES string of the molecule is COc1ccc(CN2C[C@@H]3CCCN4CCC[C@@H]([C@H]34)[C@H]2CCO)cc1. The topological polar surface area (TPSA) is 35.9 Å². The predicted octanol–water partition coefficient (Wildman–Crippen LogP) is 2.75. The maximum atomic E-state index is 9.71. The van der Waals surface area contributed by atoms with Crippen LogP contribution >= 0.6 is 0 Å². The number of hydrogen-bond acceptors (Lipinski definition) is 4. The largest absolute Gasteiger partial charge is 0.497 e. The highest BCUT2D eigenvalue weighted by atomic mass is 16.5. The summed E-state index contributed by atoms with van der Waals surface area (Å²) in [6.07, 6.45) is 6.31. The van der Waals surface area contributed by atoms with Crippen LogP contribution in [0.1, 0.15) is 37.7 Å². The van der Waals surface area contributed by atoms with Crippen LogP contribution in [0.5, 0.6) is 5.75 Å². The predicted molar refractivity (Wildman–Crippen MR) is 99.7 cm³/mol. The van der Waals surface area contributed by atoms with Gasteiger partial charge in [0.05, 0.1) is 7.11 Å². The number of likely N-dealkylation sites (tertiary alicyclic amines) is 1. The standard InChI is InChI=1S/C21H32N2O2/c1-25-18-8-6-16(7-9-18)14-23-15-17-4-2-11-22-12-3-5-19(21(17)22)20(23)10-13-24/h6-9,17,19-21,24H,2-5,10-15H2,1H3/t17-,19+,20+,21-/m0/s1. The minimum Gasteiger partial charge on any atom is -0.497 e. The molecule has 0 amide bonds. The first kappa shape index (κ1) is 17.3. The highest BCUT2D eigenvalue weighted by molar-refractivity contribution is 5.27. The molecule has 138 valence electrons. The Morgan fingerprint density at radius 1 is 1.12 bits per heavy atom. The van der Waals surface area contributed by atoms with Crippen LogP contribution in [0, 0.1) is 11.8 Å². The third kappa shape index (κ3) is 3.44. The minimum atomic E-state index is 0.303. The zero-order valence-corrected chi connectivity index (χ0v) is 15.4. The van der Waals surface area contributed by atoms with E-state index in [1.165, 1.54) is 50.9 Å². The fourth-order valence-corrected chi connectivity index (χ4v) is 5.76. The summed E-state index contributed by atoms with van der Waals surface area (Å²) >= 11 is 0. The van der Waals surface area contributed by atoms with Gasteiger partial charge in [-0.05, 0) is 74.7 Å². The van der Waals surface area contributed by atoms with Gasteiger partial charge in [-0.25, -0.2) is 0 Å². The Hall–Kier alpha value is -1.10. The fraction of sp³-hybridized carbons (Fsp3) is 0.714. The number of ether oxygens (including phenoxy) is 1. The lowest BCUT2D eigenvalue weighted by atomic mass is 9.69. The molecular formula is C21H32N2O2. The normalized spacial score (nSPS) is 33.0. The number of methoxy groups -OCH3 is 1. The Balaban J connectivity index is 1.55. The van der Waals surface area contributed by atoms with E-state index in [2.05, 4.69) is 34.1 Å². The molecule has 0 unspecified atom stereocenters. The summed E-state index contributed by atoms with van der Waals surface area (Å²) < 4.78 is 5.29. The summed E-state index contributed by atoms with van der Waals surface area (Å²) in [7, 11) is 1.72.